The van der Waals surface area contributed by atoms with Crippen molar-refractivity contribution in [1.29, 1.82) is 5.16 Å². The summed E-state index contributed by atoms with van der Waals surface area (Å²) in [6.45, 7) is 1.88. The molecule has 0 bridgehead atoms. The molecule has 0 spiro atoms. The second-order valence-electron chi connectivity index (χ2n) is 0.477. The van der Waals surface area contributed by atoms with Gasteiger partial charge in [0.2, 0.25) is 0 Å². The monoisotopic (exact) mass is 188 g/mol. The van der Waals surface area contributed by atoms with Gasteiger partial charge >= 0.3 is 0 Å². The van der Waals surface area contributed by atoms with Crippen LogP contribution in [-0.2, 0) is 0 Å². The Morgan fingerprint density at radius 3 is 2.00 bits per heavy atom. The molecule has 1 nitrogen and oxygen atoms in total. The summed E-state index contributed by atoms with van der Waals surface area (Å²) in [4.78, 5) is 0. The van der Waals surface area contributed by atoms with E-state index in [1.165, 1.54) is 0 Å². The van der Waals surface area contributed by atoms with E-state index in [-0.39, 0.29) is 0 Å². The van der Waals surface area contributed by atoms with Gasteiger partial charge in [-0.3, -0.25) is 0 Å². The van der Waals surface area contributed by atoms with Crippen molar-refractivity contribution in [2.24, 2.45) is 0 Å². The molecule has 0 radical (unpaired) electrons. The average Bonchev–Trinajstić information content (AvgIpc) is 0.811. The summed E-state index contributed by atoms with van der Waals surface area (Å²) in [6.07, 6.45) is 0. The van der Waals surface area contributed by atoms with E-state index in [2.05, 4.69) is 22.0 Å². The van der Waals surface area contributed by atoms with Crippen LogP contribution in [-0.4, -0.2) is 6.66 Å². The summed E-state index contributed by atoms with van der Waals surface area (Å²) in [5, 5.41) is 6.23. The highest BCUT2D eigenvalue weighted by Crippen LogP contribution is 2.24. The third kappa shape index (κ3) is 13.8. The lowest BCUT2D eigenvalue weighted by molar-refractivity contribution is 1.64. The molecular formula is CH4INP+. The van der Waals surface area contributed by atoms with Gasteiger partial charge in [0.25, 0.3) is 27.4 Å². The molecule has 0 rings (SSSR count). The molecule has 1 atom stereocenters. The van der Waals surface area contributed by atoms with Crippen molar-refractivity contribution < 1.29 is 0 Å². The molecule has 0 aromatic rings. The summed E-state index contributed by atoms with van der Waals surface area (Å²) in [5.41, 5.74) is 0. The maximum absolute atomic E-state index is 6.63. The van der Waals surface area contributed by atoms with E-state index in [9.17, 15) is 0 Å². The van der Waals surface area contributed by atoms with Crippen molar-refractivity contribution in [1.82, 2.24) is 0 Å². The largest absolute Gasteiger partial charge is 0.260 e. The molecule has 0 saturated heterocycles. The van der Waals surface area contributed by atoms with Crippen LogP contribution in [0.3, 0.4) is 0 Å². The first-order valence-electron chi connectivity index (χ1n) is 0.840. The Bertz CT molecular complexity index is 31.0. The van der Waals surface area contributed by atoms with E-state index in [1.54, 1.807) is 0 Å². The molecule has 1 N–H and O–H groups in total. The quantitative estimate of drug-likeness (QED) is 0.445. The lowest BCUT2D eigenvalue weighted by Crippen LogP contribution is -1.13. The fourth-order valence-corrected chi connectivity index (χ4v) is 0. The number of halogens is 1. The van der Waals surface area contributed by atoms with Crippen molar-refractivity contribution in [2.45, 2.75) is 0 Å². The highest BCUT2D eigenvalue weighted by molar-refractivity contribution is 14.2. The van der Waals surface area contributed by atoms with Crippen molar-refractivity contribution in [3.8, 4) is 0 Å². The summed E-state index contributed by atoms with van der Waals surface area (Å²) >= 11 is 2.07. The fraction of sp³-hybridized carbons (Fsp3) is 1.00. The van der Waals surface area contributed by atoms with Gasteiger partial charge in [-0.1, -0.05) is 0 Å². The molecule has 0 aliphatic carbocycles. The number of rotatable bonds is 0. The van der Waals surface area contributed by atoms with Crippen LogP contribution >= 0.6 is 27.4 Å². The summed E-state index contributed by atoms with van der Waals surface area (Å²) < 4.78 is 0. The van der Waals surface area contributed by atoms with Crippen LogP contribution in [0.5, 0.6) is 0 Å². The van der Waals surface area contributed by atoms with Gasteiger partial charge in [0.05, 0.1) is 0 Å². The lowest BCUT2D eigenvalue weighted by Gasteiger charge is -1.39. The van der Waals surface area contributed by atoms with Crippen molar-refractivity contribution in [3.05, 3.63) is 0 Å². The van der Waals surface area contributed by atoms with E-state index in [4.69, 9.17) is 5.16 Å². The Hall–Kier alpha value is 0.830. The first-order chi connectivity index (χ1) is 1.73. The van der Waals surface area contributed by atoms with Gasteiger partial charge < -0.3 is 0 Å². The van der Waals surface area contributed by atoms with Crippen LogP contribution in [0.1, 0.15) is 0 Å². The van der Waals surface area contributed by atoms with E-state index in [1.807, 2.05) is 6.66 Å². The molecule has 1 unspecified atom stereocenters. The Morgan fingerprint density at radius 2 is 2.00 bits per heavy atom. The minimum atomic E-state index is -0.400. The normalized spacial score (nSPS) is 11.0. The molecule has 0 aromatic heterocycles. The highest BCUT2D eigenvalue weighted by Gasteiger charge is 1.78. The first kappa shape index (κ1) is 4.83. The third-order valence-corrected chi connectivity index (χ3v) is 0. The standard InChI is InChI=1S/CH4INP/c1-4(2)3/h3H,1H3/q+1. The molecule has 3 heteroatoms. The Kier molecular flexibility index (Phi) is 2.52. The van der Waals surface area contributed by atoms with E-state index < -0.39 is 5.36 Å². The van der Waals surface area contributed by atoms with Crippen molar-refractivity contribution >= 4 is 27.4 Å². The molecule has 0 saturated carbocycles. The van der Waals surface area contributed by atoms with E-state index in [0.717, 1.165) is 0 Å². The maximum Gasteiger partial charge on any atom is 0.260 e. The number of nitrogens with one attached hydrogen (secondary N) is 1. The van der Waals surface area contributed by atoms with Gasteiger partial charge in [-0.2, -0.15) is 0 Å². The molecule has 0 aromatic carbocycles. The predicted molar refractivity (Wildman–Crippen MR) is 29.6 cm³/mol. The molecule has 0 heterocycles. The Labute approximate surface area is 39.5 Å². The minimum Gasteiger partial charge on any atom is -0.116 e. The highest BCUT2D eigenvalue weighted by atomic mass is 127. The van der Waals surface area contributed by atoms with Crippen LogP contribution in [0.15, 0.2) is 0 Å². The van der Waals surface area contributed by atoms with E-state index in [0.29, 0.717) is 0 Å². The second-order valence-corrected chi connectivity index (χ2v) is 5.77. The zero-order valence-corrected chi connectivity index (χ0v) is 5.38. The van der Waals surface area contributed by atoms with Crippen molar-refractivity contribution in [3.63, 3.8) is 0 Å². The van der Waals surface area contributed by atoms with Crippen LogP contribution in [0.4, 0.5) is 0 Å². The number of hydrogen-bond donors (Lipinski definition) is 1. The first-order valence-corrected chi connectivity index (χ1v) is 5.41. The zero-order valence-electron chi connectivity index (χ0n) is 2.33. The van der Waals surface area contributed by atoms with Crippen molar-refractivity contribution in [2.75, 3.05) is 6.66 Å². The zero-order chi connectivity index (χ0) is 3.58. The van der Waals surface area contributed by atoms with Crippen LogP contribution in [0.25, 0.3) is 0 Å². The summed E-state index contributed by atoms with van der Waals surface area (Å²) in [6, 6.07) is 0. The Balaban J connectivity index is 2.80. The molecule has 4 heavy (non-hydrogen) atoms. The van der Waals surface area contributed by atoms with Crippen LogP contribution in [0, 0.1) is 5.16 Å². The van der Waals surface area contributed by atoms with Gasteiger partial charge in [-0.25, -0.2) is 0 Å². The van der Waals surface area contributed by atoms with Gasteiger partial charge in [0.15, 0.2) is 0 Å². The third-order valence-electron chi connectivity index (χ3n) is 0. The van der Waals surface area contributed by atoms with Gasteiger partial charge in [-0.15, -0.1) is 5.16 Å². The van der Waals surface area contributed by atoms with E-state index >= 15 is 0 Å². The molecule has 0 aliphatic heterocycles. The molecule has 0 amide bonds. The van der Waals surface area contributed by atoms with Gasteiger partial charge in [-0.05, 0) is 0 Å². The molecule has 24 valence electrons. The Morgan fingerprint density at radius 1 is 2.00 bits per heavy atom. The van der Waals surface area contributed by atoms with Gasteiger partial charge in [0.1, 0.15) is 6.66 Å². The minimum absolute atomic E-state index is 0.400. The topological polar surface area (TPSA) is 23.9 Å². The average molecular weight is 188 g/mol. The maximum atomic E-state index is 6.63. The SMILES string of the molecule is C[P+](=N)I. The second kappa shape index (κ2) is 2.09. The number of hydrogen-bond acceptors (Lipinski definition) is 1. The smallest absolute Gasteiger partial charge is 0.116 e. The molecular weight excluding hydrogens is 184 g/mol. The fourth-order valence-electron chi connectivity index (χ4n) is 0. The molecule has 0 fully saturated rings. The van der Waals surface area contributed by atoms with Crippen LogP contribution < -0.4 is 0 Å². The van der Waals surface area contributed by atoms with Crippen LogP contribution in [0.2, 0.25) is 0 Å². The lowest BCUT2D eigenvalue weighted by atomic mass is 12.0. The summed E-state index contributed by atoms with van der Waals surface area (Å²) in [5.74, 6) is 0. The molecule has 0 aliphatic rings. The summed E-state index contributed by atoms with van der Waals surface area (Å²) in [7, 11) is 0. The predicted octanol–water partition coefficient (Wildman–Crippen LogP) is 2.21. The van der Waals surface area contributed by atoms with Gasteiger partial charge in [0, 0.05) is 0 Å².